The minimum Gasteiger partial charge on any atom is -0.341 e. The summed E-state index contributed by atoms with van der Waals surface area (Å²) in [5.41, 5.74) is 0. The van der Waals surface area contributed by atoms with Crippen molar-refractivity contribution in [3.63, 3.8) is 0 Å². The molecule has 1 fully saturated rings. The van der Waals surface area contributed by atoms with Crippen molar-refractivity contribution in [3.8, 4) is 0 Å². The number of nitrogens with zero attached hydrogens (tertiary/aromatic N) is 2. The standard InChI is InChI=1S/C13H25ClN2O/c1-3-5-12(2)13(17)16-8-4-7-15(9-6-14)10-11-16/h12H,3-11H2,1-2H3. The predicted octanol–water partition coefficient (Wildman–Crippen LogP) is 2.20. The van der Waals surface area contributed by atoms with Gasteiger partial charge in [-0.25, -0.2) is 0 Å². The molecule has 0 aromatic heterocycles. The smallest absolute Gasteiger partial charge is 0.225 e. The molecule has 0 aromatic carbocycles. The van der Waals surface area contributed by atoms with Gasteiger partial charge in [-0.1, -0.05) is 20.3 Å². The molecule has 1 saturated heterocycles. The van der Waals surface area contributed by atoms with E-state index in [1.165, 1.54) is 0 Å². The molecular weight excluding hydrogens is 236 g/mol. The van der Waals surface area contributed by atoms with Gasteiger partial charge in [0.15, 0.2) is 0 Å². The summed E-state index contributed by atoms with van der Waals surface area (Å²) in [5, 5.41) is 0. The van der Waals surface area contributed by atoms with Crippen LogP contribution in [0, 0.1) is 5.92 Å². The van der Waals surface area contributed by atoms with E-state index < -0.39 is 0 Å². The Balaban J connectivity index is 2.42. The lowest BCUT2D eigenvalue weighted by atomic mass is 10.0. The maximum absolute atomic E-state index is 12.2. The first kappa shape index (κ1) is 14.8. The molecule has 0 aliphatic carbocycles. The zero-order valence-corrected chi connectivity index (χ0v) is 11.9. The van der Waals surface area contributed by atoms with E-state index in [0.717, 1.165) is 52.0 Å². The van der Waals surface area contributed by atoms with E-state index in [4.69, 9.17) is 11.6 Å². The van der Waals surface area contributed by atoms with Crippen molar-refractivity contribution in [3.05, 3.63) is 0 Å². The number of halogens is 1. The molecule has 17 heavy (non-hydrogen) atoms. The Bertz CT molecular complexity index is 235. The molecule has 1 heterocycles. The molecule has 1 atom stereocenters. The van der Waals surface area contributed by atoms with Gasteiger partial charge in [-0.2, -0.15) is 0 Å². The average Bonchev–Trinajstić information content (AvgIpc) is 2.54. The highest BCUT2D eigenvalue weighted by atomic mass is 35.5. The number of hydrogen-bond acceptors (Lipinski definition) is 2. The Morgan fingerprint density at radius 2 is 2.06 bits per heavy atom. The maximum Gasteiger partial charge on any atom is 0.225 e. The summed E-state index contributed by atoms with van der Waals surface area (Å²) >= 11 is 5.76. The third kappa shape index (κ3) is 4.84. The molecule has 1 aliphatic rings. The SMILES string of the molecule is CCCC(C)C(=O)N1CCCN(CCCl)CC1. The minimum absolute atomic E-state index is 0.180. The number of carbonyl (C=O) groups excluding carboxylic acids is 1. The first-order valence-corrected chi connectivity index (χ1v) is 7.29. The van der Waals surface area contributed by atoms with E-state index in [0.29, 0.717) is 11.8 Å². The Morgan fingerprint density at radius 3 is 2.71 bits per heavy atom. The minimum atomic E-state index is 0.180. The van der Waals surface area contributed by atoms with Gasteiger partial charge in [0.25, 0.3) is 0 Å². The summed E-state index contributed by atoms with van der Waals surface area (Å²) in [6.45, 7) is 8.93. The van der Waals surface area contributed by atoms with E-state index in [1.54, 1.807) is 0 Å². The third-order valence-electron chi connectivity index (χ3n) is 3.44. The number of hydrogen-bond donors (Lipinski definition) is 0. The fourth-order valence-corrected chi connectivity index (χ4v) is 2.64. The van der Waals surface area contributed by atoms with Crippen molar-refractivity contribution in [2.75, 3.05) is 38.6 Å². The molecule has 1 aliphatic heterocycles. The van der Waals surface area contributed by atoms with Crippen LogP contribution < -0.4 is 0 Å². The molecule has 3 nitrogen and oxygen atoms in total. The topological polar surface area (TPSA) is 23.6 Å². The van der Waals surface area contributed by atoms with Crippen molar-refractivity contribution in [1.29, 1.82) is 0 Å². The summed E-state index contributed by atoms with van der Waals surface area (Å²) in [5.74, 6) is 1.19. The molecule has 1 unspecified atom stereocenters. The lowest BCUT2D eigenvalue weighted by Crippen LogP contribution is -2.38. The Hall–Kier alpha value is -0.280. The molecule has 0 bridgehead atoms. The second kappa shape index (κ2) is 7.93. The monoisotopic (exact) mass is 260 g/mol. The van der Waals surface area contributed by atoms with Gasteiger partial charge >= 0.3 is 0 Å². The largest absolute Gasteiger partial charge is 0.341 e. The van der Waals surface area contributed by atoms with Crippen LogP contribution in [-0.4, -0.2) is 54.3 Å². The Kier molecular flexibility index (Phi) is 6.90. The fourth-order valence-electron chi connectivity index (χ4n) is 2.40. The van der Waals surface area contributed by atoms with Crippen molar-refractivity contribution < 1.29 is 4.79 Å². The highest BCUT2D eigenvalue weighted by Crippen LogP contribution is 2.12. The second-order valence-corrected chi connectivity index (χ2v) is 5.28. The van der Waals surface area contributed by atoms with Gasteiger partial charge in [0.1, 0.15) is 0 Å². The molecule has 100 valence electrons. The molecule has 0 spiro atoms. The summed E-state index contributed by atoms with van der Waals surface area (Å²) < 4.78 is 0. The summed E-state index contributed by atoms with van der Waals surface area (Å²) in [6.07, 6.45) is 3.15. The maximum atomic E-state index is 12.2. The number of rotatable bonds is 5. The predicted molar refractivity (Wildman–Crippen MR) is 72.4 cm³/mol. The van der Waals surface area contributed by atoms with Gasteiger partial charge < -0.3 is 9.80 Å². The van der Waals surface area contributed by atoms with Crippen LogP contribution in [0.25, 0.3) is 0 Å². The van der Waals surface area contributed by atoms with Crippen LogP contribution in [0.2, 0.25) is 0 Å². The zero-order valence-electron chi connectivity index (χ0n) is 11.1. The first-order valence-electron chi connectivity index (χ1n) is 6.76. The van der Waals surface area contributed by atoms with Crippen molar-refractivity contribution in [2.45, 2.75) is 33.1 Å². The molecule has 0 aromatic rings. The average molecular weight is 261 g/mol. The molecule has 1 amide bonds. The van der Waals surface area contributed by atoms with Crippen LogP contribution in [0.4, 0.5) is 0 Å². The molecule has 0 radical (unpaired) electrons. The Morgan fingerprint density at radius 1 is 1.29 bits per heavy atom. The van der Waals surface area contributed by atoms with Gasteiger partial charge in [0.2, 0.25) is 5.91 Å². The van der Waals surface area contributed by atoms with Gasteiger partial charge in [0, 0.05) is 38.0 Å². The summed E-state index contributed by atoms with van der Waals surface area (Å²) in [7, 11) is 0. The summed E-state index contributed by atoms with van der Waals surface area (Å²) in [6, 6.07) is 0. The lowest BCUT2D eigenvalue weighted by molar-refractivity contribution is -0.135. The van der Waals surface area contributed by atoms with Crippen LogP contribution in [0.5, 0.6) is 0 Å². The highest BCUT2D eigenvalue weighted by Gasteiger charge is 2.22. The van der Waals surface area contributed by atoms with Crippen LogP contribution in [0.3, 0.4) is 0 Å². The van der Waals surface area contributed by atoms with Gasteiger partial charge in [0.05, 0.1) is 0 Å². The number of alkyl halides is 1. The number of carbonyl (C=O) groups is 1. The molecule has 1 rings (SSSR count). The highest BCUT2D eigenvalue weighted by molar-refractivity contribution is 6.18. The molecule has 0 saturated carbocycles. The van der Waals surface area contributed by atoms with Crippen LogP contribution in [0.15, 0.2) is 0 Å². The van der Waals surface area contributed by atoms with Crippen LogP contribution in [-0.2, 0) is 4.79 Å². The number of amides is 1. The van der Waals surface area contributed by atoms with E-state index in [-0.39, 0.29) is 5.92 Å². The van der Waals surface area contributed by atoms with Crippen molar-refractivity contribution in [2.24, 2.45) is 5.92 Å². The molecular formula is C13H25ClN2O. The quantitative estimate of drug-likeness (QED) is 0.708. The molecule has 4 heteroatoms. The van der Waals surface area contributed by atoms with E-state index >= 15 is 0 Å². The molecule has 0 N–H and O–H groups in total. The second-order valence-electron chi connectivity index (χ2n) is 4.90. The van der Waals surface area contributed by atoms with E-state index in [1.807, 2.05) is 11.8 Å². The zero-order chi connectivity index (χ0) is 12.7. The fraction of sp³-hybridized carbons (Fsp3) is 0.923. The van der Waals surface area contributed by atoms with Gasteiger partial charge in [-0.3, -0.25) is 4.79 Å². The Labute approximate surface area is 110 Å². The normalized spacial score (nSPS) is 20.1. The van der Waals surface area contributed by atoms with Crippen molar-refractivity contribution >= 4 is 17.5 Å². The van der Waals surface area contributed by atoms with E-state index in [9.17, 15) is 4.79 Å². The van der Waals surface area contributed by atoms with Gasteiger partial charge in [-0.15, -0.1) is 11.6 Å². The van der Waals surface area contributed by atoms with Crippen LogP contribution in [0.1, 0.15) is 33.1 Å². The van der Waals surface area contributed by atoms with E-state index in [2.05, 4.69) is 11.8 Å². The van der Waals surface area contributed by atoms with Gasteiger partial charge in [-0.05, 0) is 19.4 Å². The third-order valence-corrected chi connectivity index (χ3v) is 3.61. The van der Waals surface area contributed by atoms with Crippen molar-refractivity contribution in [1.82, 2.24) is 9.80 Å². The first-order chi connectivity index (χ1) is 8.19. The summed E-state index contributed by atoms with van der Waals surface area (Å²) in [4.78, 5) is 16.6. The van der Waals surface area contributed by atoms with Crippen LogP contribution >= 0.6 is 11.6 Å². The lowest BCUT2D eigenvalue weighted by Gasteiger charge is -2.24.